The predicted molar refractivity (Wildman–Crippen MR) is 92.1 cm³/mol. The zero-order valence-corrected chi connectivity index (χ0v) is 14.1. The smallest absolute Gasteiger partial charge is 0.0414 e. The van der Waals surface area contributed by atoms with Crippen molar-refractivity contribution in [3.8, 4) is 0 Å². The maximum atomic E-state index is 3.38. The minimum absolute atomic E-state index is 0.469. The van der Waals surface area contributed by atoms with Gasteiger partial charge in [0.05, 0.1) is 0 Å². The highest BCUT2D eigenvalue weighted by atomic mass is 15.2. The van der Waals surface area contributed by atoms with Crippen LogP contribution in [0.3, 0.4) is 0 Å². The Labute approximate surface area is 130 Å². The van der Waals surface area contributed by atoms with Gasteiger partial charge in [-0.3, -0.25) is 0 Å². The van der Waals surface area contributed by atoms with E-state index < -0.39 is 0 Å². The summed E-state index contributed by atoms with van der Waals surface area (Å²) in [5.41, 5.74) is 2.77. The maximum absolute atomic E-state index is 3.38. The molecular formula is C18H31N3. The molecule has 0 radical (unpaired) electrons. The minimum Gasteiger partial charge on any atom is -0.367 e. The Bertz CT molecular complexity index is 411. The van der Waals surface area contributed by atoms with E-state index in [1.54, 1.807) is 0 Å². The van der Waals surface area contributed by atoms with Crippen LogP contribution in [0.25, 0.3) is 0 Å². The van der Waals surface area contributed by atoms with Gasteiger partial charge in [-0.1, -0.05) is 26.0 Å². The van der Waals surface area contributed by atoms with E-state index in [4.69, 9.17) is 0 Å². The molecule has 3 nitrogen and oxygen atoms in total. The molecule has 3 heteroatoms. The van der Waals surface area contributed by atoms with Gasteiger partial charge >= 0.3 is 0 Å². The summed E-state index contributed by atoms with van der Waals surface area (Å²) in [7, 11) is 4.29. The molecule has 118 valence electrons. The standard InChI is InChI=1S/C18H31N3/c1-5-16-14-20(4)12-7-13-21(16)17-10-8-15(9-11-17)18(6-2)19-3/h8-11,16,18-19H,5-7,12-14H2,1-4H3. The van der Waals surface area contributed by atoms with Gasteiger partial charge in [-0.05, 0) is 57.6 Å². The average molecular weight is 289 g/mol. The van der Waals surface area contributed by atoms with E-state index in [1.165, 1.54) is 43.7 Å². The van der Waals surface area contributed by atoms with E-state index in [0.717, 1.165) is 6.42 Å². The van der Waals surface area contributed by atoms with E-state index in [2.05, 4.69) is 60.3 Å². The summed E-state index contributed by atoms with van der Waals surface area (Å²) in [6.07, 6.45) is 3.59. The van der Waals surface area contributed by atoms with Crippen LogP contribution in [0.2, 0.25) is 0 Å². The molecule has 0 aromatic heterocycles. The molecule has 0 bridgehead atoms. The molecule has 2 unspecified atom stereocenters. The molecule has 2 atom stereocenters. The highest BCUT2D eigenvalue weighted by molar-refractivity contribution is 5.49. The highest BCUT2D eigenvalue weighted by Gasteiger charge is 2.22. The fraction of sp³-hybridized carbons (Fsp3) is 0.667. The van der Waals surface area contributed by atoms with E-state index in [9.17, 15) is 0 Å². The van der Waals surface area contributed by atoms with Crippen molar-refractivity contribution < 1.29 is 0 Å². The van der Waals surface area contributed by atoms with Gasteiger partial charge < -0.3 is 15.1 Å². The first-order chi connectivity index (χ1) is 10.2. The minimum atomic E-state index is 0.469. The lowest BCUT2D eigenvalue weighted by Gasteiger charge is -2.32. The Morgan fingerprint density at radius 3 is 2.48 bits per heavy atom. The zero-order valence-electron chi connectivity index (χ0n) is 14.1. The van der Waals surface area contributed by atoms with Crippen LogP contribution in [-0.4, -0.2) is 44.7 Å². The number of hydrogen-bond acceptors (Lipinski definition) is 3. The lowest BCUT2D eigenvalue weighted by Crippen LogP contribution is -2.39. The third-order valence-corrected chi connectivity index (χ3v) is 4.76. The Morgan fingerprint density at radius 2 is 1.90 bits per heavy atom. The molecule has 1 aliphatic rings. The number of rotatable bonds is 5. The second-order valence-corrected chi connectivity index (χ2v) is 6.21. The molecule has 1 heterocycles. The largest absolute Gasteiger partial charge is 0.367 e. The van der Waals surface area contributed by atoms with Crippen LogP contribution in [0.15, 0.2) is 24.3 Å². The topological polar surface area (TPSA) is 18.5 Å². The summed E-state index contributed by atoms with van der Waals surface area (Å²) in [4.78, 5) is 5.07. The molecule has 1 aliphatic heterocycles. The summed E-state index contributed by atoms with van der Waals surface area (Å²) < 4.78 is 0. The summed E-state index contributed by atoms with van der Waals surface area (Å²) in [5.74, 6) is 0. The molecule has 21 heavy (non-hydrogen) atoms. The molecule has 0 spiro atoms. The Hall–Kier alpha value is -1.06. The van der Waals surface area contributed by atoms with Gasteiger partial charge in [-0.2, -0.15) is 0 Å². The van der Waals surface area contributed by atoms with Gasteiger partial charge in [-0.25, -0.2) is 0 Å². The van der Waals surface area contributed by atoms with Crippen molar-refractivity contribution in [1.29, 1.82) is 0 Å². The van der Waals surface area contributed by atoms with Crippen LogP contribution in [0.1, 0.15) is 44.7 Å². The molecule has 0 aliphatic carbocycles. The number of likely N-dealkylation sites (N-methyl/N-ethyl adjacent to an activating group) is 1. The first-order valence-electron chi connectivity index (χ1n) is 8.42. The zero-order chi connectivity index (χ0) is 15.2. The third kappa shape index (κ3) is 3.98. The molecule has 1 aromatic rings. The van der Waals surface area contributed by atoms with Crippen LogP contribution in [0.4, 0.5) is 5.69 Å². The second kappa shape index (κ2) is 7.81. The Morgan fingerprint density at radius 1 is 1.19 bits per heavy atom. The molecule has 1 fully saturated rings. The molecule has 0 amide bonds. The molecule has 1 saturated heterocycles. The van der Waals surface area contributed by atoms with Crippen molar-refractivity contribution in [2.75, 3.05) is 38.6 Å². The van der Waals surface area contributed by atoms with Gasteiger partial charge in [0.1, 0.15) is 0 Å². The van der Waals surface area contributed by atoms with Crippen LogP contribution >= 0.6 is 0 Å². The molecule has 1 aromatic carbocycles. The van der Waals surface area contributed by atoms with Gasteiger partial charge in [0.2, 0.25) is 0 Å². The number of anilines is 1. The third-order valence-electron chi connectivity index (χ3n) is 4.76. The fourth-order valence-corrected chi connectivity index (χ4v) is 3.44. The van der Waals surface area contributed by atoms with Gasteiger partial charge in [-0.15, -0.1) is 0 Å². The maximum Gasteiger partial charge on any atom is 0.0414 e. The SMILES string of the molecule is CCC(NC)c1ccc(N2CCCN(C)CC2CC)cc1. The van der Waals surface area contributed by atoms with Crippen molar-refractivity contribution in [2.24, 2.45) is 0 Å². The van der Waals surface area contributed by atoms with Crippen LogP contribution in [0.5, 0.6) is 0 Å². The van der Waals surface area contributed by atoms with Crippen molar-refractivity contribution in [2.45, 2.75) is 45.2 Å². The lowest BCUT2D eigenvalue weighted by molar-refractivity contribution is 0.328. The highest BCUT2D eigenvalue weighted by Crippen LogP contribution is 2.25. The van der Waals surface area contributed by atoms with E-state index in [1.807, 2.05) is 7.05 Å². The van der Waals surface area contributed by atoms with Crippen LogP contribution < -0.4 is 10.2 Å². The van der Waals surface area contributed by atoms with Crippen molar-refractivity contribution in [1.82, 2.24) is 10.2 Å². The lowest BCUT2D eigenvalue weighted by atomic mass is 10.0. The molecule has 1 N–H and O–H groups in total. The second-order valence-electron chi connectivity index (χ2n) is 6.21. The predicted octanol–water partition coefficient (Wildman–Crippen LogP) is 3.28. The van der Waals surface area contributed by atoms with E-state index >= 15 is 0 Å². The van der Waals surface area contributed by atoms with Crippen molar-refractivity contribution >= 4 is 5.69 Å². The van der Waals surface area contributed by atoms with E-state index in [0.29, 0.717) is 12.1 Å². The fourth-order valence-electron chi connectivity index (χ4n) is 3.44. The van der Waals surface area contributed by atoms with Gasteiger partial charge in [0, 0.05) is 30.9 Å². The number of benzene rings is 1. The quantitative estimate of drug-likeness (QED) is 0.897. The first-order valence-corrected chi connectivity index (χ1v) is 8.42. The number of hydrogen-bond donors (Lipinski definition) is 1. The number of nitrogens with one attached hydrogen (secondary N) is 1. The summed E-state index contributed by atoms with van der Waals surface area (Å²) >= 11 is 0. The Balaban J connectivity index is 2.16. The Kier molecular flexibility index (Phi) is 6.07. The van der Waals surface area contributed by atoms with Gasteiger partial charge in [0.25, 0.3) is 0 Å². The average Bonchev–Trinajstić information content (AvgIpc) is 2.70. The van der Waals surface area contributed by atoms with Crippen molar-refractivity contribution in [3.63, 3.8) is 0 Å². The summed E-state index contributed by atoms with van der Waals surface area (Å²) in [6.45, 7) is 8.09. The van der Waals surface area contributed by atoms with Crippen LogP contribution in [-0.2, 0) is 0 Å². The summed E-state index contributed by atoms with van der Waals surface area (Å²) in [5, 5.41) is 3.38. The van der Waals surface area contributed by atoms with Gasteiger partial charge in [0.15, 0.2) is 0 Å². The first kappa shape index (κ1) is 16.3. The number of nitrogens with zero attached hydrogens (tertiary/aromatic N) is 2. The molecule has 2 rings (SSSR count). The van der Waals surface area contributed by atoms with E-state index in [-0.39, 0.29) is 0 Å². The monoisotopic (exact) mass is 289 g/mol. The molecular weight excluding hydrogens is 258 g/mol. The normalized spacial score (nSPS) is 22.1. The van der Waals surface area contributed by atoms with Crippen molar-refractivity contribution in [3.05, 3.63) is 29.8 Å². The molecule has 0 saturated carbocycles. The van der Waals surface area contributed by atoms with Crippen LogP contribution in [0, 0.1) is 0 Å². The summed E-state index contributed by atoms with van der Waals surface area (Å²) in [6, 6.07) is 10.3.